The second-order valence-electron chi connectivity index (χ2n) is 6.77. The molecule has 6 N–H and O–H groups in total. The lowest BCUT2D eigenvalue weighted by Gasteiger charge is -2.39. The first-order chi connectivity index (χ1) is 14.3. The van der Waals surface area contributed by atoms with E-state index in [1.807, 2.05) is 30.3 Å². The monoisotopic (exact) mass is 418 g/mol. The largest absolute Gasteiger partial charge is 0.507 e. The van der Waals surface area contributed by atoms with Gasteiger partial charge in [-0.3, -0.25) is 0 Å². The van der Waals surface area contributed by atoms with Gasteiger partial charge in [-0.15, -0.1) is 0 Å². The molecule has 9 heteroatoms. The van der Waals surface area contributed by atoms with E-state index < -0.39 is 49.0 Å². The van der Waals surface area contributed by atoms with Crippen LogP contribution in [0.25, 0.3) is 12.2 Å². The van der Waals surface area contributed by atoms with Crippen molar-refractivity contribution in [1.29, 1.82) is 0 Å². The number of aromatic hydroxyl groups is 1. The molecule has 0 spiro atoms. The van der Waals surface area contributed by atoms with Crippen LogP contribution in [0.2, 0.25) is 0 Å². The molecule has 9 nitrogen and oxygen atoms in total. The fourth-order valence-electron chi connectivity index (χ4n) is 3.10. The molecule has 0 saturated carbocycles. The summed E-state index contributed by atoms with van der Waals surface area (Å²) in [5.74, 6) is -1.97. The summed E-state index contributed by atoms with van der Waals surface area (Å²) in [5, 5.41) is 58.7. The molecule has 1 heterocycles. The number of rotatable bonds is 6. The Bertz CT molecular complexity index is 910. The van der Waals surface area contributed by atoms with Crippen molar-refractivity contribution in [1.82, 2.24) is 0 Å². The predicted molar refractivity (Wildman–Crippen MR) is 105 cm³/mol. The molecule has 1 saturated heterocycles. The van der Waals surface area contributed by atoms with Crippen molar-refractivity contribution in [2.24, 2.45) is 0 Å². The van der Waals surface area contributed by atoms with Crippen molar-refractivity contribution in [2.75, 3.05) is 6.61 Å². The van der Waals surface area contributed by atoms with E-state index in [1.165, 1.54) is 12.1 Å². The van der Waals surface area contributed by atoms with Gasteiger partial charge in [-0.1, -0.05) is 42.5 Å². The highest BCUT2D eigenvalue weighted by Crippen LogP contribution is 2.32. The Labute approximate surface area is 171 Å². The van der Waals surface area contributed by atoms with Crippen molar-refractivity contribution in [3.8, 4) is 11.5 Å². The maximum Gasteiger partial charge on any atom is 0.340 e. The van der Waals surface area contributed by atoms with Crippen molar-refractivity contribution in [2.45, 2.75) is 30.7 Å². The highest BCUT2D eigenvalue weighted by molar-refractivity contribution is 5.96. The van der Waals surface area contributed by atoms with E-state index in [1.54, 1.807) is 6.08 Å². The first-order valence-electron chi connectivity index (χ1n) is 9.12. The van der Waals surface area contributed by atoms with Gasteiger partial charge in [0.25, 0.3) is 0 Å². The smallest absolute Gasteiger partial charge is 0.340 e. The summed E-state index contributed by atoms with van der Waals surface area (Å²) in [6.45, 7) is -0.626. The quantitative estimate of drug-likeness (QED) is 0.366. The van der Waals surface area contributed by atoms with Gasteiger partial charge in [0.1, 0.15) is 41.5 Å². The zero-order chi connectivity index (χ0) is 21.8. The lowest BCUT2D eigenvalue weighted by molar-refractivity contribution is -0.277. The van der Waals surface area contributed by atoms with Crippen molar-refractivity contribution >= 4 is 18.1 Å². The van der Waals surface area contributed by atoms with Crippen LogP contribution < -0.4 is 4.74 Å². The maximum absolute atomic E-state index is 11.6. The Morgan fingerprint density at radius 1 is 1.03 bits per heavy atom. The van der Waals surface area contributed by atoms with Crippen LogP contribution in [-0.4, -0.2) is 73.9 Å². The lowest BCUT2D eigenvalue weighted by atomic mass is 9.99. The first-order valence-corrected chi connectivity index (χ1v) is 9.12. The molecule has 0 bridgehead atoms. The van der Waals surface area contributed by atoms with Gasteiger partial charge in [0.05, 0.1) is 6.61 Å². The van der Waals surface area contributed by atoms with Crippen LogP contribution in [0.15, 0.2) is 42.5 Å². The minimum absolute atomic E-state index is 0.0467. The molecule has 2 aromatic carbocycles. The summed E-state index contributed by atoms with van der Waals surface area (Å²) >= 11 is 0. The van der Waals surface area contributed by atoms with Gasteiger partial charge in [0, 0.05) is 6.07 Å². The average Bonchev–Trinajstić information content (AvgIpc) is 2.72. The number of carboxylic acids is 1. The Morgan fingerprint density at radius 3 is 2.37 bits per heavy atom. The number of aromatic carboxylic acids is 1. The third kappa shape index (κ3) is 4.61. The molecule has 160 valence electrons. The van der Waals surface area contributed by atoms with Crippen LogP contribution in [0.1, 0.15) is 21.5 Å². The van der Waals surface area contributed by atoms with Gasteiger partial charge >= 0.3 is 5.97 Å². The van der Waals surface area contributed by atoms with E-state index >= 15 is 0 Å². The van der Waals surface area contributed by atoms with E-state index in [4.69, 9.17) is 9.47 Å². The third-order valence-corrected chi connectivity index (χ3v) is 4.69. The molecule has 1 aliphatic rings. The van der Waals surface area contributed by atoms with Crippen LogP contribution in [0.5, 0.6) is 11.5 Å². The number of hydrogen-bond donors (Lipinski definition) is 6. The van der Waals surface area contributed by atoms with Crippen molar-refractivity contribution in [3.05, 3.63) is 59.2 Å². The molecule has 0 aromatic heterocycles. The molecule has 0 amide bonds. The summed E-state index contributed by atoms with van der Waals surface area (Å²) in [4.78, 5) is 11.6. The van der Waals surface area contributed by atoms with Gasteiger partial charge in [-0.25, -0.2) is 4.79 Å². The normalized spacial score (nSPS) is 26.6. The number of hydrogen-bond acceptors (Lipinski definition) is 8. The summed E-state index contributed by atoms with van der Waals surface area (Å²) in [6, 6.07) is 11.4. The first kappa shape index (κ1) is 21.8. The second kappa shape index (κ2) is 9.24. The number of ether oxygens (including phenoxy) is 2. The van der Waals surface area contributed by atoms with E-state index in [2.05, 4.69) is 0 Å². The average molecular weight is 418 g/mol. The van der Waals surface area contributed by atoms with E-state index in [9.17, 15) is 35.4 Å². The summed E-state index contributed by atoms with van der Waals surface area (Å²) in [5.41, 5.74) is 0.586. The second-order valence-corrected chi connectivity index (χ2v) is 6.77. The third-order valence-electron chi connectivity index (χ3n) is 4.69. The Balaban J connectivity index is 1.91. The molecule has 2 aromatic rings. The van der Waals surface area contributed by atoms with E-state index in [0.29, 0.717) is 0 Å². The SMILES string of the molecule is O=C(O)c1c(O)cc(O[C@@H]2O[C@H](CO)[C@@H](O)[C@H](O)[C@H]2O)cc1C=Cc1ccccc1. The zero-order valence-electron chi connectivity index (χ0n) is 15.7. The molecule has 1 fully saturated rings. The van der Waals surface area contributed by atoms with Gasteiger partial charge < -0.3 is 40.1 Å². The number of aliphatic hydroxyl groups is 4. The van der Waals surface area contributed by atoms with Crippen LogP contribution in [-0.2, 0) is 4.74 Å². The van der Waals surface area contributed by atoms with Crippen LogP contribution in [0, 0.1) is 0 Å². The Hall–Kier alpha value is -2.95. The standard InChI is InChI=1S/C21H22O9/c22-10-15-17(24)18(25)19(26)21(30-15)29-13-8-12(16(20(27)28)14(23)9-13)7-6-11-4-2-1-3-5-11/h1-9,15,17-19,21-26H,10H2,(H,27,28)/t15-,17-,18+,19-,21-/m1/s1. The zero-order valence-corrected chi connectivity index (χ0v) is 15.7. The molecule has 1 aliphatic heterocycles. The number of aliphatic hydroxyl groups excluding tert-OH is 4. The maximum atomic E-state index is 11.6. The number of carbonyl (C=O) groups is 1. The fourth-order valence-corrected chi connectivity index (χ4v) is 3.10. The minimum atomic E-state index is -1.65. The molecule has 0 unspecified atom stereocenters. The van der Waals surface area contributed by atoms with Crippen LogP contribution >= 0.6 is 0 Å². The highest BCUT2D eigenvalue weighted by Gasteiger charge is 2.44. The molecule has 5 atom stereocenters. The van der Waals surface area contributed by atoms with E-state index in [0.717, 1.165) is 11.6 Å². The number of carboxylic acid groups (broad SMARTS) is 1. The van der Waals surface area contributed by atoms with Crippen molar-refractivity contribution in [3.63, 3.8) is 0 Å². The minimum Gasteiger partial charge on any atom is -0.507 e. The summed E-state index contributed by atoms with van der Waals surface area (Å²) in [6.07, 6.45) is -4.33. The molecule has 0 aliphatic carbocycles. The number of benzene rings is 2. The summed E-state index contributed by atoms with van der Waals surface area (Å²) in [7, 11) is 0. The molecule has 0 radical (unpaired) electrons. The highest BCUT2D eigenvalue weighted by atomic mass is 16.7. The molecular formula is C21H22O9. The molecular weight excluding hydrogens is 396 g/mol. The van der Waals surface area contributed by atoms with Gasteiger partial charge in [-0.2, -0.15) is 0 Å². The van der Waals surface area contributed by atoms with Crippen LogP contribution in [0.4, 0.5) is 0 Å². The van der Waals surface area contributed by atoms with Gasteiger partial charge in [-0.05, 0) is 17.2 Å². The molecule has 30 heavy (non-hydrogen) atoms. The lowest BCUT2D eigenvalue weighted by Crippen LogP contribution is -2.60. The van der Waals surface area contributed by atoms with Crippen molar-refractivity contribution < 1.29 is 44.9 Å². The van der Waals surface area contributed by atoms with Gasteiger partial charge in [0.2, 0.25) is 6.29 Å². The fraction of sp³-hybridized carbons (Fsp3) is 0.286. The van der Waals surface area contributed by atoms with E-state index in [-0.39, 0.29) is 16.9 Å². The Kier molecular flexibility index (Phi) is 6.70. The van der Waals surface area contributed by atoms with Crippen LogP contribution in [0.3, 0.4) is 0 Å². The predicted octanol–water partition coefficient (Wildman–Crippen LogP) is 0.439. The Morgan fingerprint density at radius 2 is 1.73 bits per heavy atom. The summed E-state index contributed by atoms with van der Waals surface area (Å²) < 4.78 is 10.8. The topological polar surface area (TPSA) is 157 Å². The number of phenols is 1. The molecule has 3 rings (SSSR count). The van der Waals surface area contributed by atoms with Gasteiger partial charge in [0.15, 0.2) is 0 Å².